The molecule has 164 valence electrons. The summed E-state index contributed by atoms with van der Waals surface area (Å²) in [5.74, 6) is 0.352. The summed E-state index contributed by atoms with van der Waals surface area (Å²) in [4.78, 5) is 14.6. The van der Waals surface area contributed by atoms with Gasteiger partial charge in [0.15, 0.2) is 9.84 Å². The molecular weight excluding hydrogens is 384 g/mol. The fourth-order valence-electron chi connectivity index (χ4n) is 3.26. The Morgan fingerprint density at radius 3 is 2.34 bits per heavy atom. The van der Waals surface area contributed by atoms with Crippen molar-refractivity contribution in [3.63, 3.8) is 0 Å². The molecule has 1 saturated heterocycles. The molecule has 2 atom stereocenters. The van der Waals surface area contributed by atoms with Crippen LogP contribution in [-0.2, 0) is 9.84 Å². The van der Waals surface area contributed by atoms with Crippen molar-refractivity contribution in [1.29, 1.82) is 0 Å². The zero-order chi connectivity index (χ0) is 21.9. The molecule has 1 aromatic carbocycles. The minimum absolute atomic E-state index is 0. The van der Waals surface area contributed by atoms with Gasteiger partial charge in [-0.3, -0.25) is 0 Å². The molecule has 0 bridgehead atoms. The fraction of sp³-hybridized carbons (Fsp3) is 0.522. The molecule has 1 saturated carbocycles. The largest absolute Gasteiger partial charge is 0.331 e. The number of hydrogen-bond donors (Lipinski definition) is 1. The van der Waals surface area contributed by atoms with E-state index in [1.807, 2.05) is 23.1 Å². The van der Waals surface area contributed by atoms with E-state index in [4.69, 9.17) is 0 Å². The van der Waals surface area contributed by atoms with Gasteiger partial charge in [0.05, 0.1) is 12.1 Å². The van der Waals surface area contributed by atoms with Crippen molar-refractivity contribution in [1.82, 2.24) is 10.2 Å². The Kier molecular flexibility index (Phi) is 10.7. The van der Waals surface area contributed by atoms with Gasteiger partial charge in [0.1, 0.15) is 0 Å². The zero-order valence-corrected chi connectivity index (χ0v) is 18.8. The zero-order valence-electron chi connectivity index (χ0n) is 18.0. The van der Waals surface area contributed by atoms with Crippen LogP contribution in [0.3, 0.4) is 0 Å². The Balaban J connectivity index is 0.00000129. The molecule has 2 aliphatic rings. The van der Waals surface area contributed by atoms with Gasteiger partial charge < -0.3 is 10.2 Å². The lowest BCUT2D eigenvalue weighted by atomic mass is 10.1. The lowest BCUT2D eigenvalue weighted by Gasteiger charge is -2.27. The Morgan fingerprint density at radius 2 is 1.83 bits per heavy atom. The first-order chi connectivity index (χ1) is 13.9. The minimum atomic E-state index is -3.18. The van der Waals surface area contributed by atoms with E-state index in [0.29, 0.717) is 5.92 Å². The number of nitrogens with one attached hydrogen (secondary N) is 1. The van der Waals surface area contributed by atoms with Crippen LogP contribution in [0.2, 0.25) is 0 Å². The number of rotatable bonds is 5. The van der Waals surface area contributed by atoms with Gasteiger partial charge in [-0.2, -0.15) is 0 Å². The first-order valence-corrected chi connectivity index (χ1v) is 12.3. The summed E-state index contributed by atoms with van der Waals surface area (Å²) in [5, 5.41) is 4.23. The number of amides is 2. The topological polar surface area (TPSA) is 66.5 Å². The number of carbonyl (C=O) groups excluding carboxylic acids is 1. The third-order valence-corrected chi connectivity index (χ3v) is 5.30. The minimum Gasteiger partial charge on any atom is -0.331 e. The first-order valence-electron chi connectivity index (χ1n) is 10.4. The molecule has 1 aliphatic carbocycles. The monoisotopic (exact) mass is 422 g/mol. The molecule has 1 aliphatic heterocycles. The quantitative estimate of drug-likeness (QED) is 0.652. The van der Waals surface area contributed by atoms with Gasteiger partial charge in [0.25, 0.3) is 0 Å². The second kappa shape index (κ2) is 12.5. The normalized spacial score (nSPS) is 19.6. The number of nitrogens with zero attached hydrogens (tertiary/aromatic N) is 1. The molecule has 0 radical (unpaired) electrons. The SMILES string of the molecule is C=C.CCC.CS(=O)(=O)/C=C/[C@@H](NC(=O)N1CCCC1c1ccccc1)C1CC1.[HH]. The Morgan fingerprint density at radius 1 is 1.24 bits per heavy atom. The molecule has 2 amide bonds. The Hall–Kier alpha value is -2.08. The van der Waals surface area contributed by atoms with E-state index in [1.165, 1.54) is 18.1 Å². The van der Waals surface area contributed by atoms with Gasteiger partial charge in [-0.25, -0.2) is 13.2 Å². The number of carbonyl (C=O) groups is 1. The average molecular weight is 423 g/mol. The van der Waals surface area contributed by atoms with Crippen LogP contribution in [0.4, 0.5) is 4.79 Å². The Labute approximate surface area is 178 Å². The van der Waals surface area contributed by atoms with Crippen LogP contribution in [0.15, 0.2) is 55.0 Å². The van der Waals surface area contributed by atoms with Gasteiger partial charge >= 0.3 is 6.03 Å². The summed E-state index contributed by atoms with van der Waals surface area (Å²) in [6.07, 6.45) is 8.05. The predicted molar refractivity (Wildman–Crippen MR) is 123 cm³/mol. The Bertz CT molecular complexity index is 749. The van der Waals surface area contributed by atoms with Crippen LogP contribution < -0.4 is 5.32 Å². The van der Waals surface area contributed by atoms with E-state index < -0.39 is 9.84 Å². The highest BCUT2D eigenvalue weighted by Gasteiger charge is 2.35. The molecule has 2 fully saturated rings. The van der Waals surface area contributed by atoms with Crippen LogP contribution in [0.1, 0.15) is 59.0 Å². The fourth-order valence-corrected chi connectivity index (χ4v) is 3.72. The van der Waals surface area contributed by atoms with Crippen molar-refractivity contribution < 1.29 is 14.6 Å². The third kappa shape index (κ3) is 8.86. The van der Waals surface area contributed by atoms with Crippen molar-refractivity contribution in [3.8, 4) is 0 Å². The van der Waals surface area contributed by atoms with Crippen molar-refractivity contribution >= 4 is 15.9 Å². The molecular formula is C23H38N2O3S. The average Bonchev–Trinajstić information content (AvgIpc) is 3.42. The molecule has 1 aromatic rings. The van der Waals surface area contributed by atoms with E-state index in [2.05, 4.69) is 44.5 Å². The number of benzene rings is 1. The first kappa shape index (κ1) is 25.0. The summed E-state index contributed by atoms with van der Waals surface area (Å²) in [6.45, 7) is 11.0. The molecule has 5 nitrogen and oxygen atoms in total. The highest BCUT2D eigenvalue weighted by molar-refractivity contribution is 7.93. The lowest BCUT2D eigenvalue weighted by Crippen LogP contribution is -2.44. The summed E-state index contributed by atoms with van der Waals surface area (Å²) >= 11 is 0. The summed E-state index contributed by atoms with van der Waals surface area (Å²) in [6, 6.07) is 9.86. The standard InChI is InChI=1S/C18H24N2O3S.C3H8.C2H4.H2/c1-24(22,23)13-11-16(14-9-10-14)19-18(21)20-12-5-8-17(20)15-6-3-2-4-7-15;1-3-2;1-2;/h2-4,6-7,11,13-14,16-17H,5,8-10,12H2,1H3,(H,19,21);3H2,1-2H3;1-2H2;1H/b13-11+;;;/t16-,17?;;;/m1.../s1. The molecule has 6 heteroatoms. The number of likely N-dealkylation sites (tertiary alicyclic amines) is 1. The van der Waals surface area contributed by atoms with Gasteiger partial charge in [-0.05, 0) is 37.2 Å². The second-order valence-electron chi connectivity index (χ2n) is 7.44. The second-order valence-corrected chi connectivity index (χ2v) is 9.37. The van der Waals surface area contributed by atoms with E-state index >= 15 is 0 Å². The van der Waals surface area contributed by atoms with Crippen LogP contribution in [0, 0.1) is 5.92 Å². The molecule has 1 heterocycles. The molecule has 0 aromatic heterocycles. The summed E-state index contributed by atoms with van der Waals surface area (Å²) in [5.41, 5.74) is 1.15. The van der Waals surface area contributed by atoms with Crippen LogP contribution in [0.5, 0.6) is 0 Å². The van der Waals surface area contributed by atoms with Gasteiger partial charge in [-0.15, -0.1) is 13.2 Å². The van der Waals surface area contributed by atoms with Crippen molar-refractivity contribution in [2.75, 3.05) is 12.8 Å². The van der Waals surface area contributed by atoms with Crippen molar-refractivity contribution in [2.45, 2.75) is 58.0 Å². The maximum Gasteiger partial charge on any atom is 0.318 e. The van der Waals surface area contributed by atoms with Gasteiger partial charge in [0, 0.05) is 19.6 Å². The maximum atomic E-state index is 12.7. The summed E-state index contributed by atoms with van der Waals surface area (Å²) < 4.78 is 22.7. The van der Waals surface area contributed by atoms with Crippen LogP contribution in [-0.4, -0.2) is 38.2 Å². The van der Waals surface area contributed by atoms with E-state index in [0.717, 1.165) is 37.8 Å². The van der Waals surface area contributed by atoms with Crippen LogP contribution >= 0.6 is 0 Å². The van der Waals surface area contributed by atoms with E-state index in [9.17, 15) is 13.2 Å². The van der Waals surface area contributed by atoms with Gasteiger partial charge in [0.2, 0.25) is 0 Å². The maximum absolute atomic E-state index is 12.7. The van der Waals surface area contributed by atoms with Crippen molar-refractivity contribution in [2.24, 2.45) is 5.92 Å². The predicted octanol–water partition coefficient (Wildman–Crippen LogP) is 5.33. The molecule has 0 spiro atoms. The third-order valence-electron chi connectivity index (χ3n) is 4.65. The number of sulfone groups is 1. The molecule has 1 unspecified atom stereocenters. The van der Waals surface area contributed by atoms with E-state index in [-0.39, 0.29) is 19.5 Å². The van der Waals surface area contributed by atoms with Crippen molar-refractivity contribution in [3.05, 3.63) is 60.5 Å². The highest BCUT2D eigenvalue weighted by Crippen LogP contribution is 2.35. The lowest BCUT2D eigenvalue weighted by molar-refractivity contribution is 0.190. The number of urea groups is 1. The van der Waals surface area contributed by atoms with Gasteiger partial charge in [-0.1, -0.05) is 56.7 Å². The number of hydrogen-bond acceptors (Lipinski definition) is 3. The summed E-state index contributed by atoms with van der Waals surface area (Å²) in [7, 11) is -3.18. The smallest absolute Gasteiger partial charge is 0.318 e. The highest BCUT2D eigenvalue weighted by atomic mass is 32.2. The molecule has 1 N–H and O–H groups in total. The van der Waals surface area contributed by atoms with Crippen LogP contribution in [0.25, 0.3) is 0 Å². The van der Waals surface area contributed by atoms with E-state index in [1.54, 1.807) is 6.08 Å². The molecule has 3 rings (SSSR count). The molecule has 29 heavy (non-hydrogen) atoms.